The second-order valence-electron chi connectivity index (χ2n) is 14.2. The van der Waals surface area contributed by atoms with E-state index in [1.54, 1.807) is 0 Å². The summed E-state index contributed by atoms with van der Waals surface area (Å²) in [7, 11) is 0. The second kappa shape index (κ2) is 12.6. The lowest BCUT2D eigenvalue weighted by Crippen LogP contribution is -2.10. The topological polar surface area (TPSA) is 17.4 Å². The molecule has 55 heavy (non-hydrogen) atoms. The predicted molar refractivity (Wildman–Crippen MR) is 229 cm³/mol. The first kappa shape index (κ1) is 31.2. The number of hydrogen-bond donors (Lipinski definition) is 0. The van der Waals surface area contributed by atoms with Crippen LogP contribution in [0.3, 0.4) is 0 Å². The first-order chi connectivity index (χ1) is 27.3. The van der Waals surface area contributed by atoms with E-state index in [1.807, 2.05) is 0 Å². The van der Waals surface area contributed by atoms with Crippen molar-refractivity contribution in [1.29, 1.82) is 0 Å². The van der Waals surface area contributed by atoms with Crippen LogP contribution in [0.1, 0.15) is 0 Å². The maximum Gasteiger partial charge on any atom is 0.137 e. The van der Waals surface area contributed by atoms with E-state index in [1.165, 1.54) is 66.1 Å². The zero-order chi connectivity index (χ0) is 36.3. The van der Waals surface area contributed by atoms with E-state index < -0.39 is 0 Å². The van der Waals surface area contributed by atoms with Gasteiger partial charge in [0, 0.05) is 50.5 Å². The van der Waals surface area contributed by atoms with Gasteiger partial charge in [-0.3, -0.25) is 0 Å². The maximum atomic E-state index is 6.56. The normalized spacial score (nSPS) is 11.8. The second-order valence-corrected chi connectivity index (χ2v) is 14.2. The Balaban J connectivity index is 0.916. The molecule has 258 valence electrons. The Bertz CT molecular complexity index is 3030. The summed E-state index contributed by atoms with van der Waals surface area (Å²) in [6.07, 6.45) is 0. The van der Waals surface area contributed by atoms with E-state index in [2.05, 4.69) is 216 Å². The number of fused-ring (bicyclic) bond motifs is 5. The smallest absolute Gasteiger partial charge is 0.137 e. The molecule has 0 saturated carbocycles. The zero-order valence-electron chi connectivity index (χ0n) is 29.9. The van der Waals surface area contributed by atoms with Crippen LogP contribution in [0.5, 0.6) is 11.5 Å². The van der Waals surface area contributed by atoms with Crippen LogP contribution in [0.2, 0.25) is 0 Å². The van der Waals surface area contributed by atoms with Gasteiger partial charge in [0.05, 0.1) is 11.0 Å². The summed E-state index contributed by atoms with van der Waals surface area (Å²) in [5, 5.41) is 4.87. The number of hydrogen-bond acceptors (Lipinski definition) is 2. The van der Waals surface area contributed by atoms with Crippen LogP contribution in [-0.4, -0.2) is 4.57 Å². The van der Waals surface area contributed by atoms with E-state index in [-0.39, 0.29) is 0 Å². The zero-order valence-corrected chi connectivity index (χ0v) is 29.9. The highest BCUT2D eigenvalue weighted by molar-refractivity contribution is 6.10. The van der Waals surface area contributed by atoms with Crippen molar-refractivity contribution in [1.82, 2.24) is 4.57 Å². The number of para-hydroxylation sites is 3. The Hall–Kier alpha value is -7.36. The van der Waals surface area contributed by atoms with E-state index >= 15 is 0 Å². The number of aromatic nitrogens is 1. The van der Waals surface area contributed by atoms with Gasteiger partial charge in [0.1, 0.15) is 11.5 Å². The first-order valence-electron chi connectivity index (χ1n) is 18.8. The lowest BCUT2D eigenvalue weighted by molar-refractivity contribution is 0.487. The van der Waals surface area contributed by atoms with Crippen LogP contribution < -0.4 is 9.64 Å². The maximum absolute atomic E-state index is 6.56. The Labute approximate surface area is 319 Å². The lowest BCUT2D eigenvalue weighted by Gasteiger charge is -2.28. The van der Waals surface area contributed by atoms with Gasteiger partial charge >= 0.3 is 0 Å². The number of rotatable bonds is 6. The molecule has 0 radical (unpaired) electrons. The van der Waals surface area contributed by atoms with Crippen molar-refractivity contribution < 1.29 is 4.74 Å². The van der Waals surface area contributed by atoms with Crippen molar-refractivity contribution in [2.24, 2.45) is 0 Å². The highest BCUT2D eigenvalue weighted by Gasteiger charge is 2.22. The Morgan fingerprint density at radius 1 is 0.364 bits per heavy atom. The van der Waals surface area contributed by atoms with Crippen molar-refractivity contribution in [3.63, 3.8) is 0 Å². The standard InChI is InChI=1S/C52H34N2O/c1-3-13-40(14-4-1)53(43-30-31-45-46-18-9-11-38-12-10-20-50(52(38)46)55-51(45)34-43)42-28-25-36(26-29-42)35-21-23-37(24-22-35)39-27-32-49-47(33-39)44-17-7-8-19-48(44)54(49)41-15-5-2-6-16-41/h1-34H. The molecular formula is C52H34N2O. The molecule has 1 aliphatic rings. The van der Waals surface area contributed by atoms with Crippen LogP contribution in [0, 0.1) is 0 Å². The quantitative estimate of drug-likeness (QED) is 0.172. The summed E-state index contributed by atoms with van der Waals surface area (Å²) in [4.78, 5) is 2.29. The highest BCUT2D eigenvalue weighted by Crippen LogP contribution is 2.49. The summed E-state index contributed by atoms with van der Waals surface area (Å²) in [5.74, 6) is 1.76. The van der Waals surface area contributed by atoms with E-state index in [9.17, 15) is 0 Å². The van der Waals surface area contributed by atoms with Crippen LogP contribution in [0.25, 0.3) is 71.6 Å². The molecule has 0 spiro atoms. The van der Waals surface area contributed by atoms with Crippen molar-refractivity contribution in [3.8, 4) is 50.6 Å². The first-order valence-corrected chi connectivity index (χ1v) is 18.8. The van der Waals surface area contributed by atoms with Gasteiger partial charge in [-0.2, -0.15) is 0 Å². The molecule has 11 rings (SSSR count). The van der Waals surface area contributed by atoms with Gasteiger partial charge in [-0.05, 0) is 106 Å². The molecule has 1 aromatic heterocycles. The summed E-state index contributed by atoms with van der Waals surface area (Å²) >= 11 is 0. The fourth-order valence-corrected chi connectivity index (χ4v) is 8.38. The van der Waals surface area contributed by atoms with E-state index in [0.717, 1.165) is 34.1 Å². The summed E-state index contributed by atoms with van der Waals surface area (Å²) in [6, 6.07) is 73.8. The van der Waals surface area contributed by atoms with Gasteiger partial charge in [0.15, 0.2) is 0 Å². The third kappa shape index (κ3) is 5.20. The molecular weight excluding hydrogens is 669 g/mol. The summed E-state index contributed by atoms with van der Waals surface area (Å²) in [6.45, 7) is 0. The monoisotopic (exact) mass is 702 g/mol. The van der Waals surface area contributed by atoms with Crippen molar-refractivity contribution >= 4 is 49.6 Å². The molecule has 0 aliphatic carbocycles. The van der Waals surface area contributed by atoms with Gasteiger partial charge in [-0.1, -0.05) is 127 Å². The van der Waals surface area contributed by atoms with E-state index in [4.69, 9.17) is 4.74 Å². The molecule has 0 bridgehead atoms. The van der Waals surface area contributed by atoms with Gasteiger partial charge in [0.25, 0.3) is 0 Å². The summed E-state index contributed by atoms with van der Waals surface area (Å²) < 4.78 is 8.92. The SMILES string of the molecule is c1ccc(N(c2ccc(-c3ccc(-c4ccc5c(c4)c4ccccc4n5-c4ccccc4)cc3)cc2)c2ccc3c(c2)Oc2cccc4cccc-3c24)cc1. The molecule has 1 aliphatic heterocycles. The predicted octanol–water partition coefficient (Wildman–Crippen LogP) is 14.5. The minimum atomic E-state index is 0.863. The minimum absolute atomic E-state index is 0.863. The number of nitrogens with zero attached hydrogens (tertiary/aromatic N) is 2. The summed E-state index contributed by atoms with van der Waals surface area (Å²) in [5.41, 5.74) is 13.9. The molecule has 3 nitrogen and oxygen atoms in total. The number of benzene rings is 9. The van der Waals surface area contributed by atoms with Crippen LogP contribution >= 0.6 is 0 Å². The molecule has 0 fully saturated rings. The molecule has 0 unspecified atom stereocenters. The van der Waals surface area contributed by atoms with Gasteiger partial charge < -0.3 is 14.2 Å². The average molecular weight is 703 g/mol. The largest absolute Gasteiger partial charge is 0.456 e. The minimum Gasteiger partial charge on any atom is -0.456 e. The van der Waals surface area contributed by atoms with Crippen LogP contribution in [-0.2, 0) is 0 Å². The highest BCUT2D eigenvalue weighted by atomic mass is 16.5. The van der Waals surface area contributed by atoms with Gasteiger partial charge in [0.2, 0.25) is 0 Å². The van der Waals surface area contributed by atoms with E-state index in [0.29, 0.717) is 0 Å². The lowest BCUT2D eigenvalue weighted by atomic mass is 9.94. The van der Waals surface area contributed by atoms with Gasteiger partial charge in [-0.25, -0.2) is 0 Å². The molecule has 0 atom stereocenters. The van der Waals surface area contributed by atoms with Crippen LogP contribution in [0.4, 0.5) is 17.1 Å². The molecule has 9 aromatic carbocycles. The molecule has 2 heterocycles. The molecule has 0 amide bonds. The van der Waals surface area contributed by atoms with Crippen molar-refractivity contribution in [2.75, 3.05) is 4.90 Å². The fourth-order valence-electron chi connectivity index (χ4n) is 8.38. The average Bonchev–Trinajstić information content (AvgIpc) is 3.59. The van der Waals surface area contributed by atoms with Crippen LogP contribution in [0.15, 0.2) is 206 Å². The Morgan fingerprint density at radius 2 is 0.964 bits per heavy atom. The molecule has 10 aromatic rings. The number of ether oxygens (including phenoxy) is 1. The third-order valence-electron chi connectivity index (χ3n) is 11.0. The third-order valence-corrected chi connectivity index (χ3v) is 11.0. The molecule has 0 N–H and O–H groups in total. The number of anilines is 3. The Kier molecular flexibility index (Phi) is 7.17. The Morgan fingerprint density at radius 3 is 1.75 bits per heavy atom. The molecule has 3 heteroatoms. The van der Waals surface area contributed by atoms with Crippen molar-refractivity contribution in [3.05, 3.63) is 206 Å². The van der Waals surface area contributed by atoms with Gasteiger partial charge in [-0.15, -0.1) is 0 Å². The fraction of sp³-hybridized carbons (Fsp3) is 0. The molecule has 0 saturated heterocycles. The van der Waals surface area contributed by atoms with Crippen molar-refractivity contribution in [2.45, 2.75) is 0 Å².